The standard InChI is InChI=1S/C13H20O4/c1-3-12(15)11-8-10(4-5-13(11)16)6-7-17-9(2)14/h4-7,10-13,15-16H,3,8H2,1-2H3. The molecule has 4 atom stereocenters. The van der Waals surface area contributed by atoms with Gasteiger partial charge in [0.25, 0.3) is 0 Å². The molecule has 1 aliphatic rings. The van der Waals surface area contributed by atoms with E-state index in [1.165, 1.54) is 13.2 Å². The first-order chi connectivity index (χ1) is 8.04. The number of allylic oxidation sites excluding steroid dienone is 2. The molecule has 0 heterocycles. The highest BCUT2D eigenvalue weighted by molar-refractivity contribution is 5.66. The van der Waals surface area contributed by atoms with Crippen molar-refractivity contribution >= 4 is 5.97 Å². The van der Waals surface area contributed by atoms with Crippen molar-refractivity contribution in [3.05, 3.63) is 24.5 Å². The second-order valence-electron chi connectivity index (χ2n) is 4.35. The first-order valence-electron chi connectivity index (χ1n) is 5.93. The number of hydrogen-bond acceptors (Lipinski definition) is 4. The second-order valence-corrected chi connectivity index (χ2v) is 4.35. The van der Waals surface area contributed by atoms with Gasteiger partial charge < -0.3 is 14.9 Å². The van der Waals surface area contributed by atoms with Crippen LogP contribution in [-0.2, 0) is 9.53 Å². The van der Waals surface area contributed by atoms with Gasteiger partial charge in [0.1, 0.15) is 0 Å². The van der Waals surface area contributed by atoms with Gasteiger partial charge in [-0.25, -0.2) is 0 Å². The Morgan fingerprint density at radius 3 is 2.88 bits per heavy atom. The molecule has 17 heavy (non-hydrogen) atoms. The van der Waals surface area contributed by atoms with Gasteiger partial charge in [-0.05, 0) is 24.8 Å². The van der Waals surface area contributed by atoms with Crippen LogP contribution in [0.3, 0.4) is 0 Å². The molecule has 0 aromatic heterocycles. The van der Waals surface area contributed by atoms with Crippen LogP contribution in [0.5, 0.6) is 0 Å². The van der Waals surface area contributed by atoms with Gasteiger partial charge in [-0.3, -0.25) is 4.79 Å². The molecule has 0 radical (unpaired) electrons. The SMILES string of the molecule is CCC(O)C1CC(C=COC(C)=O)C=CC1O. The van der Waals surface area contributed by atoms with Gasteiger partial charge in [-0.15, -0.1) is 0 Å². The van der Waals surface area contributed by atoms with Crippen LogP contribution in [0.15, 0.2) is 24.5 Å². The number of rotatable bonds is 4. The summed E-state index contributed by atoms with van der Waals surface area (Å²) in [7, 11) is 0. The molecular weight excluding hydrogens is 220 g/mol. The van der Waals surface area contributed by atoms with Crippen molar-refractivity contribution in [2.45, 2.75) is 38.9 Å². The van der Waals surface area contributed by atoms with E-state index in [0.717, 1.165) is 0 Å². The molecule has 1 rings (SSSR count). The number of hydrogen-bond donors (Lipinski definition) is 2. The summed E-state index contributed by atoms with van der Waals surface area (Å²) in [4.78, 5) is 10.6. The summed E-state index contributed by atoms with van der Waals surface area (Å²) in [6.07, 6.45) is 6.87. The van der Waals surface area contributed by atoms with Crippen molar-refractivity contribution < 1.29 is 19.7 Å². The monoisotopic (exact) mass is 240 g/mol. The Kier molecular flexibility index (Phi) is 5.38. The van der Waals surface area contributed by atoms with Gasteiger partial charge in [0, 0.05) is 12.8 Å². The first kappa shape index (κ1) is 13.9. The molecule has 0 aliphatic heterocycles. The number of aliphatic hydroxyl groups is 2. The third-order valence-electron chi connectivity index (χ3n) is 3.01. The third kappa shape index (κ3) is 4.32. The Balaban J connectivity index is 2.57. The lowest BCUT2D eigenvalue weighted by atomic mass is 9.80. The maximum atomic E-state index is 10.6. The molecule has 4 unspecified atom stereocenters. The van der Waals surface area contributed by atoms with Crippen LogP contribution < -0.4 is 0 Å². The molecule has 0 saturated heterocycles. The Labute approximate surface area is 102 Å². The highest BCUT2D eigenvalue weighted by Crippen LogP contribution is 2.28. The molecule has 0 amide bonds. The number of esters is 1. The summed E-state index contributed by atoms with van der Waals surface area (Å²) >= 11 is 0. The first-order valence-corrected chi connectivity index (χ1v) is 5.93. The summed E-state index contributed by atoms with van der Waals surface area (Å²) in [5.74, 6) is -0.424. The van der Waals surface area contributed by atoms with Crippen molar-refractivity contribution in [2.24, 2.45) is 11.8 Å². The molecule has 0 aromatic carbocycles. The maximum absolute atomic E-state index is 10.6. The molecule has 0 spiro atoms. The van der Waals surface area contributed by atoms with Crippen LogP contribution in [0.25, 0.3) is 0 Å². The summed E-state index contributed by atoms with van der Waals surface area (Å²) in [5.41, 5.74) is 0. The Hall–Kier alpha value is -1.13. The molecule has 2 N–H and O–H groups in total. The summed E-state index contributed by atoms with van der Waals surface area (Å²) < 4.78 is 4.72. The smallest absolute Gasteiger partial charge is 0.307 e. The van der Waals surface area contributed by atoms with E-state index >= 15 is 0 Å². The Morgan fingerprint density at radius 2 is 2.29 bits per heavy atom. The molecule has 4 nitrogen and oxygen atoms in total. The van der Waals surface area contributed by atoms with Crippen LogP contribution in [0, 0.1) is 11.8 Å². The molecule has 0 aromatic rings. The highest BCUT2D eigenvalue weighted by Gasteiger charge is 2.29. The van der Waals surface area contributed by atoms with Gasteiger partial charge in [-0.1, -0.05) is 19.1 Å². The van der Waals surface area contributed by atoms with Gasteiger partial charge in [0.2, 0.25) is 0 Å². The van der Waals surface area contributed by atoms with Gasteiger partial charge in [0.15, 0.2) is 0 Å². The molecule has 1 aliphatic carbocycles. The maximum Gasteiger partial charge on any atom is 0.307 e. The average Bonchev–Trinajstić information content (AvgIpc) is 2.30. The fraction of sp³-hybridized carbons (Fsp3) is 0.615. The molecule has 0 bridgehead atoms. The van der Waals surface area contributed by atoms with E-state index in [-0.39, 0.29) is 17.8 Å². The molecule has 96 valence electrons. The number of ether oxygens (including phenoxy) is 1. The van der Waals surface area contributed by atoms with E-state index in [1.54, 1.807) is 12.2 Å². The topological polar surface area (TPSA) is 66.8 Å². The lowest BCUT2D eigenvalue weighted by molar-refractivity contribution is -0.135. The lowest BCUT2D eigenvalue weighted by Crippen LogP contribution is -2.34. The molecular formula is C13H20O4. The highest BCUT2D eigenvalue weighted by atomic mass is 16.5. The van der Waals surface area contributed by atoms with E-state index in [4.69, 9.17) is 4.74 Å². The van der Waals surface area contributed by atoms with Crippen LogP contribution >= 0.6 is 0 Å². The van der Waals surface area contributed by atoms with Crippen LogP contribution in [0.1, 0.15) is 26.7 Å². The van der Waals surface area contributed by atoms with Gasteiger partial charge >= 0.3 is 5.97 Å². The number of carbonyl (C=O) groups excluding carboxylic acids is 1. The van der Waals surface area contributed by atoms with E-state index in [2.05, 4.69) is 0 Å². The predicted molar refractivity (Wildman–Crippen MR) is 63.9 cm³/mol. The fourth-order valence-electron chi connectivity index (χ4n) is 2.00. The van der Waals surface area contributed by atoms with Crippen molar-refractivity contribution in [1.82, 2.24) is 0 Å². The minimum absolute atomic E-state index is 0.0870. The summed E-state index contributed by atoms with van der Waals surface area (Å²) in [5, 5.41) is 19.5. The van der Waals surface area contributed by atoms with Gasteiger partial charge in [-0.2, -0.15) is 0 Å². The minimum atomic E-state index is -0.594. The molecule has 4 heteroatoms. The van der Waals surface area contributed by atoms with Crippen molar-refractivity contribution in [3.8, 4) is 0 Å². The number of aliphatic hydroxyl groups excluding tert-OH is 2. The van der Waals surface area contributed by atoms with Crippen molar-refractivity contribution in [3.63, 3.8) is 0 Å². The average molecular weight is 240 g/mol. The van der Waals surface area contributed by atoms with Crippen LogP contribution in [0.4, 0.5) is 0 Å². The predicted octanol–water partition coefficient (Wildman–Crippen LogP) is 1.39. The van der Waals surface area contributed by atoms with E-state index < -0.39 is 12.2 Å². The Morgan fingerprint density at radius 1 is 1.59 bits per heavy atom. The third-order valence-corrected chi connectivity index (χ3v) is 3.01. The minimum Gasteiger partial charge on any atom is -0.435 e. The van der Waals surface area contributed by atoms with Gasteiger partial charge in [0.05, 0.1) is 18.5 Å². The van der Waals surface area contributed by atoms with Crippen LogP contribution in [-0.4, -0.2) is 28.4 Å². The zero-order valence-corrected chi connectivity index (χ0v) is 10.2. The quantitative estimate of drug-likeness (QED) is 0.442. The normalized spacial score (nSPS) is 30.5. The lowest BCUT2D eigenvalue weighted by Gasteiger charge is -2.30. The molecule has 0 saturated carbocycles. The largest absolute Gasteiger partial charge is 0.435 e. The molecule has 0 fully saturated rings. The van der Waals surface area contributed by atoms with Crippen LogP contribution in [0.2, 0.25) is 0 Å². The zero-order valence-electron chi connectivity index (χ0n) is 10.2. The van der Waals surface area contributed by atoms with E-state index in [9.17, 15) is 15.0 Å². The Bertz CT molecular complexity index is 309. The second kappa shape index (κ2) is 6.57. The number of carbonyl (C=O) groups is 1. The van der Waals surface area contributed by atoms with E-state index in [0.29, 0.717) is 12.8 Å². The zero-order chi connectivity index (χ0) is 12.8. The summed E-state index contributed by atoms with van der Waals surface area (Å²) in [6, 6.07) is 0. The fourth-order valence-corrected chi connectivity index (χ4v) is 2.00. The van der Waals surface area contributed by atoms with Crippen molar-refractivity contribution in [2.75, 3.05) is 0 Å². The van der Waals surface area contributed by atoms with Crippen molar-refractivity contribution in [1.29, 1.82) is 0 Å². The summed E-state index contributed by atoms with van der Waals surface area (Å²) in [6.45, 7) is 3.23. The van der Waals surface area contributed by atoms with E-state index in [1.807, 2.05) is 13.0 Å².